The van der Waals surface area contributed by atoms with Crippen molar-refractivity contribution in [3.8, 4) is 5.69 Å². The minimum Gasteiger partial charge on any atom is -0.384 e. The maximum Gasteiger partial charge on any atom is 0.263 e. The molecule has 7 nitrogen and oxygen atoms in total. The highest BCUT2D eigenvalue weighted by Gasteiger charge is 2.22. The van der Waals surface area contributed by atoms with E-state index in [0.717, 1.165) is 17.4 Å². The van der Waals surface area contributed by atoms with Crippen LogP contribution in [0.4, 0.5) is 4.39 Å². The molecule has 11 heteroatoms. The van der Waals surface area contributed by atoms with Crippen LogP contribution in [-0.2, 0) is 21.1 Å². The standard InChI is InChI=1S/C24H19ClFN3O4S2/c1-28-23(27)16-3-4-18-15(12-16)8-9-29(24(18)31)20-5-2-14(11-19(20)26)10-17(30)13-35(32,33)22-7-6-21(25)34-22/h2-9,11-12H,10,13H2,1H3,(H2,27,28). The van der Waals surface area contributed by atoms with Crippen LogP contribution in [0.25, 0.3) is 16.5 Å². The van der Waals surface area contributed by atoms with Gasteiger partial charge >= 0.3 is 0 Å². The Morgan fingerprint density at radius 1 is 1.14 bits per heavy atom. The van der Waals surface area contributed by atoms with Gasteiger partial charge in [-0.25, -0.2) is 12.8 Å². The molecule has 0 spiro atoms. The number of hydrogen-bond acceptors (Lipinski definition) is 6. The monoisotopic (exact) mass is 531 g/mol. The number of fused-ring (bicyclic) bond motifs is 1. The fraction of sp³-hybridized carbons (Fsp3) is 0.125. The van der Waals surface area contributed by atoms with E-state index in [2.05, 4.69) is 4.99 Å². The summed E-state index contributed by atoms with van der Waals surface area (Å²) in [5.41, 5.74) is 6.38. The van der Waals surface area contributed by atoms with Gasteiger partial charge in [0, 0.05) is 30.6 Å². The SMILES string of the molecule is CN=C(N)c1ccc2c(=O)n(-c3ccc(CC(=O)CS(=O)(=O)c4ccc(Cl)s4)cc3F)ccc2c1. The number of nitrogens with two attached hydrogens (primary N) is 1. The highest BCUT2D eigenvalue weighted by molar-refractivity contribution is 7.94. The second kappa shape index (κ2) is 9.73. The zero-order valence-corrected chi connectivity index (χ0v) is 20.8. The van der Waals surface area contributed by atoms with Gasteiger partial charge in [-0.15, -0.1) is 11.3 Å². The maximum absolute atomic E-state index is 15.0. The number of pyridine rings is 1. The summed E-state index contributed by atoms with van der Waals surface area (Å²) in [7, 11) is -2.26. The molecule has 0 aliphatic carbocycles. The Labute approximate surface area is 209 Å². The normalized spacial score (nSPS) is 12.3. The highest BCUT2D eigenvalue weighted by atomic mass is 35.5. The molecule has 0 unspecified atom stereocenters. The van der Waals surface area contributed by atoms with Crippen LogP contribution in [0, 0.1) is 5.82 Å². The number of aliphatic imine (C=N–C) groups is 1. The first kappa shape index (κ1) is 24.8. The number of aromatic nitrogens is 1. The number of hydrogen-bond donors (Lipinski definition) is 1. The van der Waals surface area contributed by atoms with Crippen molar-refractivity contribution in [1.29, 1.82) is 0 Å². The lowest BCUT2D eigenvalue weighted by Crippen LogP contribution is -2.20. The van der Waals surface area contributed by atoms with Crippen LogP contribution in [0.15, 0.2) is 74.8 Å². The molecule has 2 N–H and O–H groups in total. The summed E-state index contributed by atoms with van der Waals surface area (Å²) in [4.78, 5) is 29.3. The third kappa shape index (κ3) is 5.19. The minimum absolute atomic E-state index is 0.00449. The lowest BCUT2D eigenvalue weighted by atomic mass is 10.1. The highest BCUT2D eigenvalue weighted by Crippen LogP contribution is 2.26. The molecule has 0 bridgehead atoms. The molecule has 35 heavy (non-hydrogen) atoms. The summed E-state index contributed by atoms with van der Waals surface area (Å²) >= 11 is 6.65. The van der Waals surface area contributed by atoms with Crippen molar-refractivity contribution in [2.75, 3.05) is 12.8 Å². The van der Waals surface area contributed by atoms with Crippen molar-refractivity contribution in [2.24, 2.45) is 10.7 Å². The molecule has 0 atom stereocenters. The summed E-state index contributed by atoms with van der Waals surface area (Å²) in [5.74, 6) is -1.69. The average Bonchev–Trinajstić information content (AvgIpc) is 3.26. The number of thiophene rings is 1. The molecular weight excluding hydrogens is 513 g/mol. The van der Waals surface area contributed by atoms with Crippen LogP contribution in [0.5, 0.6) is 0 Å². The predicted octanol–water partition coefficient (Wildman–Crippen LogP) is 3.77. The van der Waals surface area contributed by atoms with Gasteiger partial charge < -0.3 is 5.73 Å². The molecular formula is C24H19ClFN3O4S2. The fourth-order valence-corrected chi connectivity index (χ4v) is 6.42. The maximum atomic E-state index is 15.0. The lowest BCUT2D eigenvalue weighted by molar-refractivity contribution is -0.116. The van der Waals surface area contributed by atoms with Crippen LogP contribution >= 0.6 is 22.9 Å². The number of ketones is 1. The van der Waals surface area contributed by atoms with E-state index in [4.69, 9.17) is 17.3 Å². The molecule has 0 saturated carbocycles. The third-order valence-electron chi connectivity index (χ3n) is 5.32. The first-order chi connectivity index (χ1) is 16.6. The van der Waals surface area contributed by atoms with Gasteiger partial charge in [0.25, 0.3) is 5.56 Å². The molecule has 0 aliphatic heterocycles. The Hall–Kier alpha value is -3.34. The van der Waals surface area contributed by atoms with E-state index in [0.29, 0.717) is 32.1 Å². The first-order valence-electron chi connectivity index (χ1n) is 10.3. The quantitative estimate of drug-likeness (QED) is 0.288. The molecule has 2 heterocycles. The molecule has 0 saturated heterocycles. The number of amidine groups is 1. The summed E-state index contributed by atoms with van der Waals surface area (Å²) in [5, 5.41) is 1.00. The third-order valence-corrected chi connectivity index (χ3v) is 8.81. The summed E-state index contributed by atoms with van der Waals surface area (Å²) < 4.78 is 41.2. The van der Waals surface area contributed by atoms with Gasteiger partial charge in [0.05, 0.1) is 10.0 Å². The lowest BCUT2D eigenvalue weighted by Gasteiger charge is -2.11. The number of nitrogens with zero attached hydrogens (tertiary/aromatic N) is 2. The van der Waals surface area contributed by atoms with Gasteiger partial charge in [0.2, 0.25) is 0 Å². The summed E-state index contributed by atoms with van der Waals surface area (Å²) in [6.07, 6.45) is 1.18. The predicted molar refractivity (Wildman–Crippen MR) is 136 cm³/mol. The van der Waals surface area contributed by atoms with Gasteiger partial charge in [-0.2, -0.15) is 0 Å². The van der Waals surface area contributed by atoms with Gasteiger partial charge in [-0.1, -0.05) is 23.7 Å². The smallest absolute Gasteiger partial charge is 0.263 e. The van der Waals surface area contributed by atoms with Gasteiger partial charge in [0.15, 0.2) is 15.6 Å². The van der Waals surface area contributed by atoms with Crippen LogP contribution in [-0.4, -0.2) is 37.4 Å². The van der Waals surface area contributed by atoms with Crippen LogP contribution in [0.2, 0.25) is 4.34 Å². The first-order valence-corrected chi connectivity index (χ1v) is 13.1. The van der Waals surface area contributed by atoms with Crippen molar-refractivity contribution >= 4 is 55.2 Å². The molecule has 0 fully saturated rings. The number of benzene rings is 2. The molecule has 0 radical (unpaired) electrons. The summed E-state index contributed by atoms with van der Waals surface area (Å²) in [6.45, 7) is 0. The molecule has 0 amide bonds. The van der Waals surface area contributed by atoms with Crippen molar-refractivity contribution in [2.45, 2.75) is 10.6 Å². The Balaban J connectivity index is 1.57. The molecule has 0 aliphatic rings. The molecule has 4 aromatic rings. The van der Waals surface area contributed by atoms with E-state index in [1.54, 1.807) is 31.3 Å². The largest absolute Gasteiger partial charge is 0.384 e. The Morgan fingerprint density at radius 2 is 1.91 bits per heavy atom. The molecule has 4 rings (SSSR count). The Kier molecular flexibility index (Phi) is 6.88. The second-order valence-electron chi connectivity index (χ2n) is 7.72. The van der Waals surface area contributed by atoms with Gasteiger partial charge in [0.1, 0.15) is 21.6 Å². The topological polar surface area (TPSA) is 112 Å². The second-order valence-corrected chi connectivity index (χ2v) is 11.7. The van der Waals surface area contributed by atoms with Crippen molar-refractivity contribution in [1.82, 2.24) is 4.57 Å². The average molecular weight is 532 g/mol. The number of carbonyl (C=O) groups excluding carboxylic acids is 1. The fourth-order valence-electron chi connectivity index (χ4n) is 3.61. The van der Waals surface area contributed by atoms with Crippen molar-refractivity contribution < 1.29 is 17.6 Å². The number of halogens is 2. The van der Waals surface area contributed by atoms with E-state index in [9.17, 15) is 22.4 Å². The van der Waals surface area contributed by atoms with E-state index in [1.165, 1.54) is 35.0 Å². The van der Waals surface area contributed by atoms with E-state index in [-0.39, 0.29) is 16.3 Å². The number of rotatable bonds is 7. The minimum atomic E-state index is -3.83. The van der Waals surface area contributed by atoms with E-state index >= 15 is 0 Å². The molecule has 180 valence electrons. The van der Waals surface area contributed by atoms with Crippen LogP contribution < -0.4 is 11.3 Å². The van der Waals surface area contributed by atoms with Crippen LogP contribution in [0.3, 0.4) is 0 Å². The van der Waals surface area contributed by atoms with Crippen molar-refractivity contribution in [3.63, 3.8) is 0 Å². The number of sulfone groups is 1. The zero-order valence-electron chi connectivity index (χ0n) is 18.4. The zero-order chi connectivity index (χ0) is 25.3. The van der Waals surface area contributed by atoms with E-state index in [1.807, 2.05) is 0 Å². The van der Waals surface area contributed by atoms with Crippen LogP contribution in [0.1, 0.15) is 11.1 Å². The van der Waals surface area contributed by atoms with E-state index < -0.39 is 32.7 Å². The van der Waals surface area contributed by atoms with Gasteiger partial charge in [-0.05, 0) is 53.4 Å². The Bertz CT molecular complexity index is 1660. The molecule has 2 aromatic carbocycles. The van der Waals surface area contributed by atoms with Gasteiger partial charge in [-0.3, -0.25) is 19.1 Å². The Morgan fingerprint density at radius 3 is 2.57 bits per heavy atom. The van der Waals surface area contributed by atoms with Crippen molar-refractivity contribution in [3.05, 3.63) is 92.4 Å². The number of carbonyl (C=O) groups is 1. The molecule has 2 aromatic heterocycles. The summed E-state index contributed by atoms with van der Waals surface area (Å²) in [6, 6.07) is 13.5. The number of Topliss-reactive ketones (excluding diaryl/α,β-unsaturated/α-hetero) is 1.